The minimum atomic E-state index is -3.63. The largest absolute Gasteiger partial charge is 0.479 e. The van der Waals surface area contributed by atoms with Crippen molar-refractivity contribution in [3.05, 3.63) is 53.6 Å². The van der Waals surface area contributed by atoms with E-state index in [0.29, 0.717) is 30.1 Å². The van der Waals surface area contributed by atoms with Crippen LogP contribution in [0.5, 0.6) is 5.75 Å². The van der Waals surface area contributed by atoms with Crippen molar-refractivity contribution in [1.29, 1.82) is 0 Å². The van der Waals surface area contributed by atoms with Crippen molar-refractivity contribution in [2.24, 2.45) is 0 Å². The van der Waals surface area contributed by atoms with E-state index in [1.54, 1.807) is 38.1 Å². The maximum Gasteiger partial charge on any atom is 0.347 e. The number of benzene rings is 2. The zero-order valence-electron chi connectivity index (χ0n) is 19.2. The summed E-state index contributed by atoms with van der Waals surface area (Å²) >= 11 is 0. The number of carbonyl (C=O) groups is 2. The highest BCUT2D eigenvalue weighted by Gasteiger charge is 2.26. The predicted octanol–water partition coefficient (Wildman–Crippen LogP) is 3.43. The molecule has 1 aliphatic rings. The summed E-state index contributed by atoms with van der Waals surface area (Å²) in [6.07, 6.45) is 1.81. The van der Waals surface area contributed by atoms with Crippen LogP contribution in [0.4, 0.5) is 5.69 Å². The third-order valence-electron chi connectivity index (χ3n) is 5.45. The van der Waals surface area contributed by atoms with E-state index in [-0.39, 0.29) is 4.90 Å². The molecule has 0 aliphatic carbocycles. The van der Waals surface area contributed by atoms with E-state index in [1.165, 1.54) is 10.4 Å². The highest BCUT2D eigenvalue weighted by Crippen LogP contribution is 2.25. The van der Waals surface area contributed by atoms with E-state index < -0.39 is 34.6 Å². The second-order valence-electron chi connectivity index (χ2n) is 8.17. The highest BCUT2D eigenvalue weighted by atomic mass is 32.2. The molecule has 33 heavy (non-hydrogen) atoms. The van der Waals surface area contributed by atoms with E-state index in [1.807, 2.05) is 19.1 Å². The van der Waals surface area contributed by atoms with Gasteiger partial charge in [0.25, 0.3) is 5.91 Å². The summed E-state index contributed by atoms with van der Waals surface area (Å²) in [5.41, 5.74) is 2.12. The van der Waals surface area contributed by atoms with Crippen molar-refractivity contribution in [3.8, 4) is 5.75 Å². The molecule has 0 aromatic heterocycles. The van der Waals surface area contributed by atoms with Gasteiger partial charge in [0.2, 0.25) is 10.0 Å². The van der Waals surface area contributed by atoms with Crippen molar-refractivity contribution in [1.82, 2.24) is 4.31 Å². The molecule has 1 heterocycles. The minimum absolute atomic E-state index is 0.127. The van der Waals surface area contributed by atoms with Crippen molar-refractivity contribution in [3.63, 3.8) is 0 Å². The van der Waals surface area contributed by atoms with Gasteiger partial charge in [0, 0.05) is 18.8 Å². The van der Waals surface area contributed by atoms with Crippen LogP contribution in [0, 0.1) is 13.8 Å². The Morgan fingerprint density at radius 3 is 2.36 bits per heavy atom. The lowest BCUT2D eigenvalue weighted by atomic mass is 10.2. The van der Waals surface area contributed by atoms with Crippen LogP contribution in [0.15, 0.2) is 47.4 Å². The molecule has 1 saturated heterocycles. The molecule has 9 heteroatoms. The average Bonchev–Trinajstić information content (AvgIpc) is 2.80. The quantitative estimate of drug-likeness (QED) is 0.588. The van der Waals surface area contributed by atoms with Gasteiger partial charge in [-0.15, -0.1) is 0 Å². The van der Waals surface area contributed by atoms with Crippen LogP contribution in [0.2, 0.25) is 0 Å². The second-order valence-corrected chi connectivity index (χ2v) is 10.1. The number of amides is 1. The summed E-state index contributed by atoms with van der Waals surface area (Å²) < 4.78 is 37.9. The van der Waals surface area contributed by atoms with Crippen LogP contribution in [-0.4, -0.2) is 50.4 Å². The molecule has 0 saturated carbocycles. The maximum atomic E-state index is 12.9. The Morgan fingerprint density at radius 2 is 1.70 bits per heavy atom. The van der Waals surface area contributed by atoms with E-state index >= 15 is 0 Å². The molecule has 1 aliphatic heterocycles. The molecule has 0 spiro atoms. The van der Waals surface area contributed by atoms with Crippen molar-refractivity contribution >= 4 is 27.6 Å². The number of anilines is 1. The number of aryl methyl sites for hydroxylation is 2. The Morgan fingerprint density at radius 1 is 1.03 bits per heavy atom. The first kappa shape index (κ1) is 24.7. The lowest BCUT2D eigenvalue weighted by molar-refractivity contribution is -0.153. The highest BCUT2D eigenvalue weighted by molar-refractivity contribution is 7.89. The van der Waals surface area contributed by atoms with Gasteiger partial charge >= 0.3 is 5.97 Å². The van der Waals surface area contributed by atoms with Gasteiger partial charge in [-0.3, -0.25) is 4.79 Å². The Bertz CT molecular complexity index is 1090. The number of esters is 1. The molecule has 1 N–H and O–H groups in total. The molecule has 1 amide bonds. The normalized spacial score (nSPS) is 15.5. The maximum absolute atomic E-state index is 12.9. The van der Waals surface area contributed by atoms with Gasteiger partial charge in [0.15, 0.2) is 12.7 Å². The molecule has 1 unspecified atom stereocenters. The molecule has 3 rings (SSSR count). The molecule has 1 atom stereocenters. The summed E-state index contributed by atoms with van der Waals surface area (Å²) in [6, 6.07) is 11.9. The molecular formula is C24H30N2O6S. The number of nitrogens with one attached hydrogen (secondary N) is 1. The summed E-state index contributed by atoms with van der Waals surface area (Å²) in [6.45, 7) is 5.73. The fourth-order valence-electron chi connectivity index (χ4n) is 3.46. The van der Waals surface area contributed by atoms with Crippen LogP contribution >= 0.6 is 0 Å². The second kappa shape index (κ2) is 10.8. The number of hydrogen-bond donors (Lipinski definition) is 1. The van der Waals surface area contributed by atoms with Gasteiger partial charge in [0.1, 0.15) is 5.75 Å². The summed E-state index contributed by atoms with van der Waals surface area (Å²) in [5, 5.41) is 2.64. The van der Waals surface area contributed by atoms with Crippen molar-refractivity contribution in [2.75, 3.05) is 25.0 Å². The number of sulfonamides is 1. The zero-order valence-corrected chi connectivity index (χ0v) is 20.0. The number of rotatable bonds is 8. The number of piperidine rings is 1. The van der Waals surface area contributed by atoms with Gasteiger partial charge < -0.3 is 14.8 Å². The summed E-state index contributed by atoms with van der Waals surface area (Å²) in [4.78, 5) is 24.7. The molecule has 0 bridgehead atoms. The number of carbonyl (C=O) groups excluding carboxylic acids is 2. The Labute approximate surface area is 194 Å². The molecule has 2 aromatic carbocycles. The monoisotopic (exact) mass is 474 g/mol. The minimum Gasteiger partial charge on any atom is -0.479 e. The average molecular weight is 475 g/mol. The van der Waals surface area contributed by atoms with Gasteiger partial charge in [-0.2, -0.15) is 4.31 Å². The third kappa shape index (κ3) is 6.55. The van der Waals surface area contributed by atoms with E-state index in [2.05, 4.69) is 5.32 Å². The predicted molar refractivity (Wildman–Crippen MR) is 125 cm³/mol. The van der Waals surface area contributed by atoms with Gasteiger partial charge in [-0.05, 0) is 63.4 Å². The first-order chi connectivity index (χ1) is 15.7. The van der Waals surface area contributed by atoms with E-state index in [4.69, 9.17) is 9.47 Å². The number of nitrogens with zero attached hydrogens (tertiary/aromatic N) is 1. The van der Waals surface area contributed by atoms with Gasteiger partial charge in [-0.25, -0.2) is 13.2 Å². The molecule has 8 nitrogen and oxygen atoms in total. The van der Waals surface area contributed by atoms with Gasteiger partial charge in [0.05, 0.1) is 4.90 Å². The summed E-state index contributed by atoms with van der Waals surface area (Å²) in [7, 11) is -3.63. The molecule has 0 radical (unpaired) electrons. The van der Waals surface area contributed by atoms with Crippen LogP contribution < -0.4 is 10.1 Å². The molecule has 2 aromatic rings. The van der Waals surface area contributed by atoms with Crippen LogP contribution in [0.3, 0.4) is 0 Å². The number of ether oxygens (including phenoxy) is 2. The fourth-order valence-corrected chi connectivity index (χ4v) is 5.00. The van der Waals surface area contributed by atoms with Crippen molar-refractivity contribution < 1.29 is 27.5 Å². The molecule has 1 fully saturated rings. The van der Waals surface area contributed by atoms with Crippen LogP contribution in [0.25, 0.3) is 0 Å². The fraction of sp³-hybridized carbons (Fsp3) is 0.417. The van der Waals surface area contributed by atoms with E-state index in [0.717, 1.165) is 24.8 Å². The van der Waals surface area contributed by atoms with Crippen LogP contribution in [-0.2, 0) is 24.3 Å². The smallest absolute Gasteiger partial charge is 0.347 e. The number of hydrogen-bond acceptors (Lipinski definition) is 6. The van der Waals surface area contributed by atoms with E-state index in [9.17, 15) is 18.0 Å². The summed E-state index contributed by atoms with van der Waals surface area (Å²) in [5.74, 6) is -0.720. The van der Waals surface area contributed by atoms with Gasteiger partial charge in [-0.1, -0.05) is 30.2 Å². The van der Waals surface area contributed by atoms with Crippen LogP contribution in [0.1, 0.15) is 37.3 Å². The van der Waals surface area contributed by atoms with Crippen molar-refractivity contribution in [2.45, 2.75) is 51.0 Å². The first-order valence-corrected chi connectivity index (χ1v) is 12.4. The Balaban J connectivity index is 1.57. The lowest BCUT2D eigenvalue weighted by Crippen LogP contribution is -2.35. The third-order valence-corrected chi connectivity index (χ3v) is 7.34. The standard InChI is InChI=1S/C24H30N2O6S/c1-17-7-10-20(11-8-17)32-19(3)24(28)31-16-23(27)25-22-15-21(12-9-18(22)2)33(29,30)26-13-5-4-6-14-26/h7-12,15,19H,4-6,13-14,16H2,1-3H3,(H,25,27). The lowest BCUT2D eigenvalue weighted by Gasteiger charge is -2.26. The topological polar surface area (TPSA) is 102 Å². The first-order valence-electron chi connectivity index (χ1n) is 11.0. The Kier molecular flexibility index (Phi) is 8.10. The Hall–Kier alpha value is -2.91. The SMILES string of the molecule is Cc1ccc(OC(C)C(=O)OCC(=O)Nc2cc(S(=O)(=O)N3CCCCC3)ccc2C)cc1. The zero-order chi connectivity index (χ0) is 24.0. The molecular weight excluding hydrogens is 444 g/mol. The molecule has 178 valence electrons.